The smallest absolute Gasteiger partial charge is 0.223 e. The molecule has 0 bridgehead atoms. The summed E-state index contributed by atoms with van der Waals surface area (Å²) in [5.41, 5.74) is 0.234. The predicted octanol–water partition coefficient (Wildman–Crippen LogP) is 3.29. The molecule has 1 fully saturated rings. The molecule has 24 heavy (non-hydrogen) atoms. The van der Waals surface area contributed by atoms with Crippen LogP contribution in [0, 0.1) is 11.3 Å². The molecule has 6 heteroatoms. The number of unbranched alkanes of at least 4 members (excludes halogenated alkanes) is 2. The molecule has 0 aromatic rings. The van der Waals surface area contributed by atoms with Gasteiger partial charge in [-0.15, -0.1) is 24.0 Å². The number of carbonyl (C=O) groups is 1. The summed E-state index contributed by atoms with van der Waals surface area (Å²) in [6.45, 7) is 11.9. The highest BCUT2D eigenvalue weighted by Crippen LogP contribution is 2.28. The number of carbonyl (C=O) groups excluding carboxylic acids is 1. The number of nitrogens with one attached hydrogen (secondary N) is 3. The maximum absolute atomic E-state index is 11.6. The van der Waals surface area contributed by atoms with E-state index in [1.807, 2.05) is 0 Å². The first kappa shape index (κ1) is 23.5. The second-order valence-corrected chi connectivity index (χ2v) is 7.31. The molecule has 0 aromatic carbocycles. The zero-order chi connectivity index (χ0) is 17.1. The quantitative estimate of drug-likeness (QED) is 0.195. The standard InChI is InChI=1S/C18H36N4O.HI/c1-5-7-8-11-18(3,4)14-22-17(19-6-2)21-13-12-20-16(23)15-9-10-15;/h15H,5-14H2,1-4H3,(H,20,23)(H2,19,21,22);1H. The van der Waals surface area contributed by atoms with E-state index in [1.54, 1.807) is 0 Å². The number of halogens is 1. The van der Waals surface area contributed by atoms with Crippen LogP contribution in [-0.2, 0) is 4.79 Å². The maximum Gasteiger partial charge on any atom is 0.223 e. The first-order chi connectivity index (χ1) is 11.0. The Morgan fingerprint density at radius 2 is 1.75 bits per heavy atom. The molecule has 1 saturated carbocycles. The minimum absolute atomic E-state index is 0. The Labute approximate surface area is 165 Å². The van der Waals surface area contributed by atoms with E-state index >= 15 is 0 Å². The van der Waals surface area contributed by atoms with Gasteiger partial charge in [0, 0.05) is 32.1 Å². The molecule has 1 amide bonds. The number of nitrogens with zero attached hydrogens (tertiary/aromatic N) is 1. The van der Waals surface area contributed by atoms with Gasteiger partial charge in [-0.25, -0.2) is 0 Å². The highest BCUT2D eigenvalue weighted by molar-refractivity contribution is 14.0. The van der Waals surface area contributed by atoms with E-state index in [9.17, 15) is 4.79 Å². The zero-order valence-corrected chi connectivity index (χ0v) is 18.2. The van der Waals surface area contributed by atoms with E-state index in [4.69, 9.17) is 4.99 Å². The largest absolute Gasteiger partial charge is 0.357 e. The first-order valence-electron chi connectivity index (χ1n) is 9.28. The maximum atomic E-state index is 11.6. The van der Waals surface area contributed by atoms with E-state index in [2.05, 4.69) is 43.6 Å². The van der Waals surface area contributed by atoms with Crippen LogP contribution in [0.15, 0.2) is 4.99 Å². The van der Waals surface area contributed by atoms with Crippen LogP contribution in [0.25, 0.3) is 0 Å². The molecular weight excluding hydrogens is 415 g/mol. The number of amides is 1. The van der Waals surface area contributed by atoms with E-state index < -0.39 is 0 Å². The highest BCUT2D eigenvalue weighted by Gasteiger charge is 2.28. The predicted molar refractivity (Wildman–Crippen MR) is 113 cm³/mol. The Kier molecular flexibility index (Phi) is 12.5. The number of rotatable bonds is 11. The molecule has 3 N–H and O–H groups in total. The van der Waals surface area contributed by atoms with Crippen LogP contribution < -0.4 is 16.0 Å². The van der Waals surface area contributed by atoms with Crippen molar-refractivity contribution in [1.82, 2.24) is 16.0 Å². The van der Waals surface area contributed by atoms with Gasteiger partial charge in [-0.1, -0.05) is 40.0 Å². The van der Waals surface area contributed by atoms with Crippen molar-refractivity contribution in [2.75, 3.05) is 26.2 Å². The van der Waals surface area contributed by atoms with Crippen LogP contribution in [0.2, 0.25) is 0 Å². The van der Waals surface area contributed by atoms with Crippen molar-refractivity contribution in [2.24, 2.45) is 16.3 Å². The lowest BCUT2D eigenvalue weighted by Crippen LogP contribution is -2.42. The molecule has 1 aliphatic rings. The number of hydrogen-bond donors (Lipinski definition) is 3. The second kappa shape index (κ2) is 12.8. The lowest BCUT2D eigenvalue weighted by atomic mass is 9.87. The van der Waals surface area contributed by atoms with Crippen molar-refractivity contribution in [3.8, 4) is 0 Å². The molecule has 0 spiro atoms. The van der Waals surface area contributed by atoms with Gasteiger partial charge in [0.1, 0.15) is 0 Å². The van der Waals surface area contributed by atoms with Gasteiger partial charge >= 0.3 is 0 Å². The monoisotopic (exact) mass is 452 g/mol. The fourth-order valence-corrected chi connectivity index (χ4v) is 2.42. The molecular formula is C18H37IN4O. The average molecular weight is 452 g/mol. The zero-order valence-electron chi connectivity index (χ0n) is 15.9. The van der Waals surface area contributed by atoms with Gasteiger partial charge in [0.25, 0.3) is 0 Å². The summed E-state index contributed by atoms with van der Waals surface area (Å²) >= 11 is 0. The van der Waals surface area contributed by atoms with Crippen molar-refractivity contribution < 1.29 is 4.79 Å². The molecule has 0 radical (unpaired) electrons. The summed E-state index contributed by atoms with van der Waals surface area (Å²) in [6, 6.07) is 0. The molecule has 0 aromatic heterocycles. The second-order valence-electron chi connectivity index (χ2n) is 7.31. The van der Waals surface area contributed by atoms with Crippen LogP contribution in [0.5, 0.6) is 0 Å². The first-order valence-corrected chi connectivity index (χ1v) is 9.28. The summed E-state index contributed by atoms with van der Waals surface area (Å²) in [5.74, 6) is 1.32. The Morgan fingerprint density at radius 3 is 2.33 bits per heavy atom. The van der Waals surface area contributed by atoms with Crippen LogP contribution in [0.1, 0.15) is 66.2 Å². The van der Waals surface area contributed by atoms with Crippen molar-refractivity contribution in [1.29, 1.82) is 0 Å². The third-order valence-electron chi connectivity index (χ3n) is 4.13. The topological polar surface area (TPSA) is 65.5 Å². The van der Waals surface area contributed by atoms with Gasteiger partial charge in [-0.2, -0.15) is 0 Å². The fourth-order valence-electron chi connectivity index (χ4n) is 2.42. The van der Waals surface area contributed by atoms with Crippen molar-refractivity contribution in [3.05, 3.63) is 0 Å². The Balaban J connectivity index is 0.00000529. The van der Waals surface area contributed by atoms with Gasteiger partial charge in [-0.3, -0.25) is 9.79 Å². The van der Waals surface area contributed by atoms with Crippen LogP contribution in [0.4, 0.5) is 0 Å². The minimum Gasteiger partial charge on any atom is -0.357 e. The van der Waals surface area contributed by atoms with Crippen LogP contribution >= 0.6 is 24.0 Å². The molecule has 0 atom stereocenters. The molecule has 0 heterocycles. The number of aliphatic imine (C=N–C) groups is 1. The summed E-state index contributed by atoms with van der Waals surface area (Å²) in [5, 5.41) is 9.54. The normalized spacial score (nSPS) is 14.8. The number of guanidine groups is 1. The number of hydrogen-bond acceptors (Lipinski definition) is 2. The Morgan fingerprint density at radius 1 is 1.08 bits per heavy atom. The van der Waals surface area contributed by atoms with Crippen molar-refractivity contribution >= 4 is 35.8 Å². The lowest BCUT2D eigenvalue weighted by Gasteiger charge is -2.23. The van der Waals surface area contributed by atoms with E-state index in [0.717, 1.165) is 31.9 Å². The average Bonchev–Trinajstić information content (AvgIpc) is 3.33. The van der Waals surface area contributed by atoms with E-state index in [0.29, 0.717) is 13.1 Å². The molecule has 1 rings (SSSR count). The summed E-state index contributed by atoms with van der Waals surface area (Å²) < 4.78 is 0. The third-order valence-corrected chi connectivity index (χ3v) is 4.13. The van der Waals surface area contributed by atoms with Gasteiger partial charge in [0.15, 0.2) is 5.96 Å². The molecule has 0 saturated heterocycles. The Hall–Kier alpha value is -0.530. The summed E-state index contributed by atoms with van der Waals surface area (Å²) in [7, 11) is 0. The molecule has 0 unspecified atom stereocenters. The molecule has 1 aliphatic carbocycles. The van der Waals surface area contributed by atoms with E-state index in [1.165, 1.54) is 25.7 Å². The van der Waals surface area contributed by atoms with E-state index in [-0.39, 0.29) is 41.2 Å². The van der Waals surface area contributed by atoms with Crippen molar-refractivity contribution in [2.45, 2.75) is 66.2 Å². The molecule has 5 nitrogen and oxygen atoms in total. The molecule has 142 valence electrons. The van der Waals surface area contributed by atoms with Gasteiger partial charge in [-0.05, 0) is 31.6 Å². The summed E-state index contributed by atoms with van der Waals surface area (Å²) in [6.07, 6.45) is 7.15. The van der Waals surface area contributed by atoms with Crippen LogP contribution in [-0.4, -0.2) is 38.0 Å². The SMILES string of the molecule is CCCCCC(C)(C)CN=C(NCC)NCCNC(=O)C1CC1.I. The highest BCUT2D eigenvalue weighted by atomic mass is 127. The summed E-state index contributed by atoms with van der Waals surface area (Å²) in [4.78, 5) is 16.3. The Bertz CT molecular complexity index is 381. The lowest BCUT2D eigenvalue weighted by molar-refractivity contribution is -0.122. The van der Waals surface area contributed by atoms with Gasteiger partial charge < -0.3 is 16.0 Å². The minimum atomic E-state index is 0. The van der Waals surface area contributed by atoms with Crippen LogP contribution in [0.3, 0.4) is 0 Å². The van der Waals surface area contributed by atoms with Crippen molar-refractivity contribution in [3.63, 3.8) is 0 Å². The third kappa shape index (κ3) is 11.1. The van der Waals surface area contributed by atoms with Gasteiger partial charge in [0.05, 0.1) is 0 Å². The van der Waals surface area contributed by atoms with Gasteiger partial charge in [0.2, 0.25) is 5.91 Å². The fraction of sp³-hybridized carbons (Fsp3) is 0.889. The molecule has 0 aliphatic heterocycles.